The molecule has 16 heavy (non-hydrogen) atoms. The maximum absolute atomic E-state index is 12.7. The molecular weight excluding hydrogens is 220 g/mol. The van der Waals surface area contributed by atoms with Gasteiger partial charge in [-0.3, -0.25) is 0 Å². The highest BCUT2D eigenvalue weighted by molar-refractivity contribution is 5.93. The van der Waals surface area contributed by atoms with Crippen molar-refractivity contribution in [2.45, 2.75) is 31.9 Å². The Bertz CT molecular complexity index is 419. The van der Waals surface area contributed by atoms with Gasteiger partial charge in [-0.1, -0.05) is 0 Å². The van der Waals surface area contributed by atoms with Crippen molar-refractivity contribution in [3.05, 3.63) is 11.8 Å². The molecule has 2 N–H and O–H groups in total. The maximum atomic E-state index is 12.7. The first-order valence-corrected chi connectivity index (χ1v) is 4.86. The summed E-state index contributed by atoms with van der Waals surface area (Å²) in [6, 6.07) is -1.25. The lowest BCUT2D eigenvalue weighted by Crippen LogP contribution is -2.34. The summed E-state index contributed by atoms with van der Waals surface area (Å²) in [7, 11) is 0. The Morgan fingerprint density at radius 2 is 2.44 bits per heavy atom. The van der Waals surface area contributed by atoms with Crippen LogP contribution in [0.4, 0.5) is 14.6 Å². The standard InChI is InChI=1S/C9H11F2N3O2/c1-4-2-6(7(10)11)14-8(13-4)5(3-12-14)9(15)16/h3-4,6-7,13H,2H2,1H3,(H,15,16). The van der Waals surface area contributed by atoms with Gasteiger partial charge in [0.25, 0.3) is 6.43 Å². The number of rotatable bonds is 2. The van der Waals surface area contributed by atoms with Crippen molar-refractivity contribution < 1.29 is 18.7 Å². The Hall–Kier alpha value is -1.66. The van der Waals surface area contributed by atoms with Crippen LogP contribution in [0.2, 0.25) is 0 Å². The molecule has 0 fully saturated rings. The third kappa shape index (κ3) is 1.62. The predicted molar refractivity (Wildman–Crippen MR) is 51.9 cm³/mol. The zero-order valence-corrected chi connectivity index (χ0v) is 8.52. The normalized spacial score (nSPS) is 24.0. The van der Waals surface area contributed by atoms with E-state index in [0.717, 1.165) is 10.9 Å². The van der Waals surface area contributed by atoms with E-state index in [9.17, 15) is 13.6 Å². The summed E-state index contributed by atoms with van der Waals surface area (Å²) < 4.78 is 26.6. The predicted octanol–water partition coefficient (Wildman–Crippen LogP) is 1.59. The largest absolute Gasteiger partial charge is 0.477 e. The number of carboxylic acids is 1. The summed E-state index contributed by atoms with van der Waals surface area (Å²) in [6.45, 7) is 1.73. The quantitative estimate of drug-likeness (QED) is 0.811. The van der Waals surface area contributed by atoms with E-state index >= 15 is 0 Å². The molecule has 0 bridgehead atoms. The number of aromatic carboxylic acids is 1. The van der Waals surface area contributed by atoms with Crippen LogP contribution >= 0.6 is 0 Å². The Balaban J connectivity index is 2.45. The molecule has 0 saturated carbocycles. The van der Waals surface area contributed by atoms with Crippen LogP contribution in [0.3, 0.4) is 0 Å². The maximum Gasteiger partial charge on any atom is 0.341 e. The Labute approximate surface area is 90.1 Å². The third-order valence-corrected chi connectivity index (χ3v) is 2.61. The fourth-order valence-electron chi connectivity index (χ4n) is 1.88. The van der Waals surface area contributed by atoms with E-state index in [1.54, 1.807) is 6.92 Å². The number of nitrogens with zero attached hydrogens (tertiary/aromatic N) is 2. The minimum absolute atomic E-state index is 0.0720. The number of carboxylic acid groups (broad SMARTS) is 1. The Morgan fingerprint density at radius 3 is 3.00 bits per heavy atom. The zero-order valence-electron chi connectivity index (χ0n) is 8.52. The molecule has 0 aliphatic carbocycles. The third-order valence-electron chi connectivity index (χ3n) is 2.61. The number of carbonyl (C=O) groups is 1. The fraction of sp³-hybridized carbons (Fsp3) is 0.556. The van der Waals surface area contributed by atoms with Gasteiger partial charge in [0.1, 0.15) is 17.4 Å². The van der Waals surface area contributed by atoms with Crippen molar-refractivity contribution in [1.82, 2.24) is 9.78 Å². The van der Waals surface area contributed by atoms with Crippen molar-refractivity contribution in [3.63, 3.8) is 0 Å². The van der Waals surface area contributed by atoms with Gasteiger partial charge < -0.3 is 10.4 Å². The Kier molecular flexibility index (Phi) is 2.53. The van der Waals surface area contributed by atoms with E-state index in [0.29, 0.717) is 0 Å². The van der Waals surface area contributed by atoms with Crippen molar-refractivity contribution in [3.8, 4) is 0 Å². The van der Waals surface area contributed by atoms with Gasteiger partial charge in [-0.05, 0) is 13.3 Å². The lowest BCUT2D eigenvalue weighted by atomic mass is 10.1. The first kappa shape index (κ1) is 10.8. The van der Waals surface area contributed by atoms with E-state index in [1.807, 2.05) is 0 Å². The number of hydrogen-bond acceptors (Lipinski definition) is 3. The van der Waals surface area contributed by atoms with Crippen LogP contribution in [-0.2, 0) is 0 Å². The number of alkyl halides is 2. The second-order valence-corrected chi connectivity index (χ2v) is 3.84. The van der Waals surface area contributed by atoms with Crippen molar-refractivity contribution in [2.75, 3.05) is 5.32 Å². The molecule has 1 aliphatic rings. The highest BCUT2D eigenvalue weighted by Gasteiger charge is 2.34. The summed E-state index contributed by atoms with van der Waals surface area (Å²) in [6.07, 6.45) is -1.23. The van der Waals surface area contributed by atoms with Gasteiger partial charge in [0, 0.05) is 6.04 Å². The Morgan fingerprint density at radius 1 is 1.75 bits per heavy atom. The average Bonchev–Trinajstić information content (AvgIpc) is 2.59. The molecule has 7 heteroatoms. The number of halogens is 2. The molecule has 1 aliphatic heterocycles. The van der Waals surface area contributed by atoms with Gasteiger partial charge >= 0.3 is 5.97 Å². The molecule has 0 spiro atoms. The summed E-state index contributed by atoms with van der Waals surface area (Å²) >= 11 is 0. The van der Waals surface area contributed by atoms with E-state index in [1.165, 1.54) is 0 Å². The number of nitrogens with one attached hydrogen (secondary N) is 1. The van der Waals surface area contributed by atoms with Crippen LogP contribution in [0, 0.1) is 0 Å². The molecular formula is C9H11F2N3O2. The van der Waals surface area contributed by atoms with Crippen LogP contribution < -0.4 is 5.32 Å². The molecule has 2 atom stereocenters. The number of hydrogen-bond donors (Lipinski definition) is 2. The highest BCUT2D eigenvalue weighted by atomic mass is 19.3. The number of aromatic nitrogens is 2. The first-order valence-electron chi connectivity index (χ1n) is 4.86. The second kappa shape index (κ2) is 3.73. The van der Waals surface area contributed by atoms with E-state index < -0.39 is 18.4 Å². The number of anilines is 1. The smallest absolute Gasteiger partial charge is 0.341 e. The van der Waals surface area contributed by atoms with Crippen molar-refractivity contribution in [2.24, 2.45) is 0 Å². The SMILES string of the molecule is CC1CC(C(F)F)n2ncc(C(=O)O)c2N1. The van der Waals surface area contributed by atoms with Crippen molar-refractivity contribution >= 4 is 11.8 Å². The van der Waals surface area contributed by atoms with E-state index in [-0.39, 0.29) is 23.8 Å². The molecule has 2 rings (SSSR count). The van der Waals surface area contributed by atoms with Crippen LogP contribution in [0.15, 0.2) is 6.20 Å². The van der Waals surface area contributed by atoms with Crippen LogP contribution in [0.25, 0.3) is 0 Å². The molecule has 1 aromatic rings. The minimum Gasteiger partial charge on any atom is -0.477 e. The molecule has 0 aromatic carbocycles. The van der Waals surface area contributed by atoms with Crippen molar-refractivity contribution in [1.29, 1.82) is 0 Å². The second-order valence-electron chi connectivity index (χ2n) is 3.84. The zero-order chi connectivity index (χ0) is 11.9. The van der Waals surface area contributed by atoms with Gasteiger partial charge in [-0.25, -0.2) is 18.3 Å². The topological polar surface area (TPSA) is 67.2 Å². The molecule has 0 saturated heterocycles. The molecule has 88 valence electrons. The van der Waals surface area contributed by atoms with Crippen LogP contribution in [-0.4, -0.2) is 33.3 Å². The van der Waals surface area contributed by atoms with Crippen LogP contribution in [0.1, 0.15) is 29.7 Å². The average molecular weight is 231 g/mol. The lowest BCUT2D eigenvalue weighted by molar-refractivity contribution is 0.0652. The van der Waals surface area contributed by atoms with Gasteiger partial charge in [-0.2, -0.15) is 5.10 Å². The molecule has 5 nitrogen and oxygen atoms in total. The van der Waals surface area contributed by atoms with Gasteiger partial charge in [0.05, 0.1) is 6.20 Å². The van der Waals surface area contributed by atoms with Gasteiger partial charge in [0.15, 0.2) is 0 Å². The first-order chi connectivity index (χ1) is 7.50. The molecule has 2 heterocycles. The molecule has 1 aromatic heterocycles. The lowest BCUT2D eigenvalue weighted by Gasteiger charge is -2.30. The highest BCUT2D eigenvalue weighted by Crippen LogP contribution is 2.32. The van der Waals surface area contributed by atoms with Crippen LogP contribution in [0.5, 0.6) is 0 Å². The summed E-state index contributed by atoms with van der Waals surface area (Å²) in [5.41, 5.74) is -0.0720. The van der Waals surface area contributed by atoms with Gasteiger partial charge in [0.2, 0.25) is 0 Å². The summed E-state index contributed by atoms with van der Waals surface area (Å²) in [5.74, 6) is -1.01. The molecule has 2 unspecified atom stereocenters. The summed E-state index contributed by atoms with van der Waals surface area (Å²) in [4.78, 5) is 10.8. The molecule has 0 radical (unpaired) electrons. The van der Waals surface area contributed by atoms with Gasteiger partial charge in [-0.15, -0.1) is 0 Å². The molecule has 0 amide bonds. The van der Waals surface area contributed by atoms with E-state index in [4.69, 9.17) is 5.11 Å². The number of fused-ring (bicyclic) bond motifs is 1. The van der Waals surface area contributed by atoms with E-state index in [2.05, 4.69) is 10.4 Å². The summed E-state index contributed by atoms with van der Waals surface area (Å²) in [5, 5.41) is 15.4. The monoisotopic (exact) mass is 231 g/mol. The minimum atomic E-state index is -2.55. The fourth-order valence-corrected chi connectivity index (χ4v) is 1.88.